The van der Waals surface area contributed by atoms with Crippen molar-refractivity contribution in [2.45, 2.75) is 33.6 Å². The highest BCUT2D eigenvalue weighted by atomic mass is 127. The van der Waals surface area contributed by atoms with Crippen molar-refractivity contribution in [2.24, 2.45) is 23.9 Å². The van der Waals surface area contributed by atoms with Crippen LogP contribution in [0, 0.1) is 11.8 Å². The minimum absolute atomic E-state index is 0. The van der Waals surface area contributed by atoms with Crippen molar-refractivity contribution in [1.29, 1.82) is 0 Å². The van der Waals surface area contributed by atoms with Crippen molar-refractivity contribution < 1.29 is 4.79 Å². The molecule has 1 saturated heterocycles. The maximum absolute atomic E-state index is 11.6. The molecule has 0 saturated carbocycles. The summed E-state index contributed by atoms with van der Waals surface area (Å²) in [5.74, 6) is 1.69. The number of hydrogen-bond donors (Lipinski definition) is 2. The van der Waals surface area contributed by atoms with Gasteiger partial charge in [-0.3, -0.25) is 14.5 Å². The maximum Gasteiger partial charge on any atom is 0.222 e. The third-order valence-corrected chi connectivity index (χ3v) is 4.40. The van der Waals surface area contributed by atoms with Crippen molar-refractivity contribution in [1.82, 2.24) is 25.3 Å². The number of aromatic nitrogens is 2. The van der Waals surface area contributed by atoms with Gasteiger partial charge < -0.3 is 15.5 Å². The summed E-state index contributed by atoms with van der Waals surface area (Å²) in [6.07, 6.45) is 6.29. The number of amides is 1. The Morgan fingerprint density at radius 2 is 2.19 bits per heavy atom. The Morgan fingerprint density at radius 3 is 2.81 bits per heavy atom. The zero-order chi connectivity index (χ0) is 18.2. The SMILES string of the molecule is CCNC(=NCCNC(=O)C(C)C)N1CCC(Cc2cnn(C)c2)C1.I. The van der Waals surface area contributed by atoms with E-state index in [9.17, 15) is 4.79 Å². The first-order valence-corrected chi connectivity index (χ1v) is 9.28. The van der Waals surface area contributed by atoms with Crippen LogP contribution < -0.4 is 10.6 Å². The molecule has 2 rings (SSSR count). The molecule has 1 atom stereocenters. The molecule has 148 valence electrons. The molecule has 0 spiro atoms. The molecule has 26 heavy (non-hydrogen) atoms. The predicted molar refractivity (Wildman–Crippen MR) is 116 cm³/mol. The minimum Gasteiger partial charge on any atom is -0.357 e. The molecule has 0 bridgehead atoms. The van der Waals surface area contributed by atoms with Crippen LogP contribution in [0.5, 0.6) is 0 Å². The zero-order valence-corrected chi connectivity index (χ0v) is 18.7. The van der Waals surface area contributed by atoms with E-state index in [1.807, 2.05) is 31.8 Å². The second-order valence-corrected chi connectivity index (χ2v) is 7.01. The van der Waals surface area contributed by atoms with E-state index in [4.69, 9.17) is 0 Å². The summed E-state index contributed by atoms with van der Waals surface area (Å²) in [7, 11) is 1.96. The van der Waals surface area contributed by atoms with Crippen LogP contribution in [-0.2, 0) is 18.3 Å². The van der Waals surface area contributed by atoms with Gasteiger partial charge in [-0.15, -0.1) is 24.0 Å². The van der Waals surface area contributed by atoms with Gasteiger partial charge in [0.15, 0.2) is 5.96 Å². The summed E-state index contributed by atoms with van der Waals surface area (Å²) >= 11 is 0. The smallest absolute Gasteiger partial charge is 0.222 e. The van der Waals surface area contributed by atoms with Crippen LogP contribution in [0.25, 0.3) is 0 Å². The molecular formula is C18H33IN6O. The minimum atomic E-state index is 0. The average Bonchev–Trinajstić information content (AvgIpc) is 3.19. The molecule has 1 amide bonds. The van der Waals surface area contributed by atoms with E-state index in [0.717, 1.165) is 32.0 Å². The van der Waals surface area contributed by atoms with E-state index in [1.54, 1.807) is 0 Å². The number of nitrogens with one attached hydrogen (secondary N) is 2. The molecule has 2 heterocycles. The van der Waals surface area contributed by atoms with Crippen LogP contribution in [-0.4, -0.2) is 59.3 Å². The highest BCUT2D eigenvalue weighted by Gasteiger charge is 2.25. The van der Waals surface area contributed by atoms with Gasteiger partial charge >= 0.3 is 0 Å². The van der Waals surface area contributed by atoms with Crippen molar-refractivity contribution in [2.75, 3.05) is 32.7 Å². The summed E-state index contributed by atoms with van der Waals surface area (Å²) in [6.45, 7) is 9.95. The maximum atomic E-state index is 11.6. The van der Waals surface area contributed by atoms with Crippen molar-refractivity contribution in [3.05, 3.63) is 18.0 Å². The van der Waals surface area contributed by atoms with Crippen molar-refractivity contribution in [3.8, 4) is 0 Å². The number of rotatable bonds is 7. The van der Waals surface area contributed by atoms with Crippen LogP contribution in [0.4, 0.5) is 0 Å². The molecule has 1 unspecified atom stereocenters. The second kappa shape index (κ2) is 11.4. The van der Waals surface area contributed by atoms with Crippen LogP contribution >= 0.6 is 24.0 Å². The van der Waals surface area contributed by atoms with Crippen molar-refractivity contribution in [3.63, 3.8) is 0 Å². The summed E-state index contributed by atoms with van der Waals surface area (Å²) in [5, 5.41) is 10.5. The topological polar surface area (TPSA) is 74.6 Å². The Bertz CT molecular complexity index is 586. The number of halogens is 1. The largest absolute Gasteiger partial charge is 0.357 e. The lowest BCUT2D eigenvalue weighted by atomic mass is 10.0. The van der Waals surface area contributed by atoms with Crippen LogP contribution in [0.15, 0.2) is 17.4 Å². The first-order valence-electron chi connectivity index (χ1n) is 9.28. The van der Waals surface area contributed by atoms with Gasteiger partial charge in [0.25, 0.3) is 0 Å². The Morgan fingerprint density at radius 1 is 1.42 bits per heavy atom. The van der Waals surface area contributed by atoms with Crippen LogP contribution in [0.2, 0.25) is 0 Å². The molecule has 1 aromatic heterocycles. The quantitative estimate of drug-likeness (QED) is 0.272. The fraction of sp³-hybridized carbons (Fsp3) is 0.722. The Balaban J connectivity index is 0.00000338. The lowest BCUT2D eigenvalue weighted by Crippen LogP contribution is -2.40. The molecule has 1 aromatic rings. The average molecular weight is 476 g/mol. The number of guanidine groups is 1. The molecule has 0 aromatic carbocycles. The Hall–Kier alpha value is -1.32. The van der Waals surface area contributed by atoms with Gasteiger partial charge in [-0.1, -0.05) is 13.8 Å². The first kappa shape index (κ1) is 22.7. The summed E-state index contributed by atoms with van der Waals surface area (Å²) in [5.41, 5.74) is 1.30. The number of nitrogens with zero attached hydrogens (tertiary/aromatic N) is 4. The van der Waals surface area contributed by atoms with E-state index < -0.39 is 0 Å². The van der Waals surface area contributed by atoms with E-state index in [-0.39, 0.29) is 35.8 Å². The number of likely N-dealkylation sites (tertiary alicyclic amines) is 1. The fourth-order valence-corrected chi connectivity index (χ4v) is 3.07. The summed E-state index contributed by atoms with van der Waals surface area (Å²) < 4.78 is 1.86. The predicted octanol–water partition coefficient (Wildman–Crippen LogP) is 1.64. The van der Waals surface area contributed by atoms with Gasteiger partial charge in [-0.05, 0) is 31.2 Å². The van der Waals surface area contributed by atoms with E-state index in [2.05, 4.69) is 38.7 Å². The molecule has 8 heteroatoms. The highest BCUT2D eigenvalue weighted by molar-refractivity contribution is 14.0. The highest BCUT2D eigenvalue weighted by Crippen LogP contribution is 2.20. The van der Waals surface area contributed by atoms with Crippen LogP contribution in [0.1, 0.15) is 32.8 Å². The molecule has 7 nitrogen and oxygen atoms in total. The molecule has 2 N–H and O–H groups in total. The van der Waals surface area contributed by atoms with Gasteiger partial charge in [0, 0.05) is 45.3 Å². The lowest BCUT2D eigenvalue weighted by Gasteiger charge is -2.21. The van der Waals surface area contributed by atoms with E-state index >= 15 is 0 Å². The number of aliphatic imine (C=N–C) groups is 1. The van der Waals surface area contributed by atoms with E-state index in [1.165, 1.54) is 12.0 Å². The molecule has 0 aliphatic carbocycles. The van der Waals surface area contributed by atoms with E-state index in [0.29, 0.717) is 19.0 Å². The van der Waals surface area contributed by atoms with Gasteiger partial charge in [-0.25, -0.2) is 0 Å². The summed E-state index contributed by atoms with van der Waals surface area (Å²) in [4.78, 5) is 18.6. The number of hydrogen-bond acceptors (Lipinski definition) is 3. The number of carbonyl (C=O) groups excluding carboxylic acids is 1. The van der Waals surface area contributed by atoms with Crippen LogP contribution in [0.3, 0.4) is 0 Å². The van der Waals surface area contributed by atoms with Gasteiger partial charge in [0.05, 0.1) is 12.7 Å². The fourth-order valence-electron chi connectivity index (χ4n) is 3.07. The first-order chi connectivity index (χ1) is 12.0. The monoisotopic (exact) mass is 476 g/mol. The molecular weight excluding hydrogens is 443 g/mol. The molecule has 1 fully saturated rings. The zero-order valence-electron chi connectivity index (χ0n) is 16.4. The lowest BCUT2D eigenvalue weighted by molar-refractivity contribution is -0.123. The van der Waals surface area contributed by atoms with Gasteiger partial charge in [-0.2, -0.15) is 5.10 Å². The standard InChI is InChI=1S/C18H32N6O.HI/c1-5-19-18(21-8-7-20-17(25)14(2)3)24-9-6-15(13-24)10-16-11-22-23(4)12-16;/h11-12,14-15H,5-10,13H2,1-4H3,(H,19,21)(H,20,25);1H. The Labute approximate surface area is 174 Å². The third kappa shape index (κ3) is 7.13. The second-order valence-electron chi connectivity index (χ2n) is 7.01. The third-order valence-electron chi connectivity index (χ3n) is 4.40. The Kier molecular flexibility index (Phi) is 9.97. The van der Waals surface area contributed by atoms with Crippen molar-refractivity contribution >= 4 is 35.8 Å². The number of carbonyl (C=O) groups is 1. The van der Waals surface area contributed by atoms with Gasteiger partial charge in [0.1, 0.15) is 0 Å². The molecule has 1 aliphatic heterocycles. The van der Waals surface area contributed by atoms with Gasteiger partial charge in [0.2, 0.25) is 5.91 Å². The normalized spacial score (nSPS) is 17.3. The molecule has 1 aliphatic rings. The summed E-state index contributed by atoms with van der Waals surface area (Å²) in [6, 6.07) is 0. The molecule has 0 radical (unpaired) electrons. The number of aryl methyl sites for hydroxylation is 1.